The van der Waals surface area contributed by atoms with Gasteiger partial charge < -0.3 is 9.84 Å². The fourth-order valence-corrected chi connectivity index (χ4v) is 2.35. The van der Waals surface area contributed by atoms with Gasteiger partial charge in [0.25, 0.3) is 0 Å². The first-order chi connectivity index (χ1) is 9.10. The number of benzene rings is 2. The molecule has 0 aliphatic rings. The van der Waals surface area contributed by atoms with E-state index in [9.17, 15) is 0 Å². The van der Waals surface area contributed by atoms with Crippen LogP contribution < -0.4 is 4.74 Å². The SMILES string of the molecule is OCc1cc(Cl)c(OCc2ccc(Cl)cc2)c(Cl)c1. The second-order valence-corrected chi connectivity index (χ2v) is 5.21. The van der Waals surface area contributed by atoms with Crippen LogP contribution in [0.15, 0.2) is 36.4 Å². The van der Waals surface area contributed by atoms with Crippen LogP contribution in [0.25, 0.3) is 0 Å². The van der Waals surface area contributed by atoms with Gasteiger partial charge in [-0.3, -0.25) is 0 Å². The van der Waals surface area contributed by atoms with E-state index in [1.54, 1.807) is 24.3 Å². The van der Waals surface area contributed by atoms with Gasteiger partial charge in [-0.15, -0.1) is 0 Å². The van der Waals surface area contributed by atoms with Gasteiger partial charge in [0.1, 0.15) is 6.61 Å². The standard InChI is InChI=1S/C14H11Cl3O2/c15-11-3-1-9(2-4-11)8-19-14-12(16)5-10(7-18)6-13(14)17/h1-6,18H,7-8H2. The molecule has 0 bridgehead atoms. The van der Waals surface area contributed by atoms with E-state index >= 15 is 0 Å². The maximum absolute atomic E-state index is 9.04. The van der Waals surface area contributed by atoms with E-state index in [4.69, 9.17) is 44.6 Å². The summed E-state index contributed by atoms with van der Waals surface area (Å²) in [6.07, 6.45) is 0. The molecule has 2 nitrogen and oxygen atoms in total. The van der Waals surface area contributed by atoms with Crippen LogP contribution in [-0.4, -0.2) is 5.11 Å². The molecule has 1 N–H and O–H groups in total. The van der Waals surface area contributed by atoms with Crippen molar-refractivity contribution in [1.29, 1.82) is 0 Å². The largest absolute Gasteiger partial charge is 0.486 e. The molecule has 0 amide bonds. The lowest BCUT2D eigenvalue weighted by Gasteiger charge is -2.11. The van der Waals surface area contributed by atoms with Crippen LogP contribution in [0, 0.1) is 0 Å². The van der Waals surface area contributed by atoms with E-state index in [-0.39, 0.29) is 6.61 Å². The Bertz CT molecular complexity index is 544. The molecule has 0 unspecified atom stereocenters. The number of hydrogen-bond donors (Lipinski definition) is 1. The van der Waals surface area contributed by atoms with E-state index in [0.717, 1.165) is 5.56 Å². The molecule has 0 aromatic heterocycles. The van der Waals surface area contributed by atoms with Gasteiger partial charge in [0.2, 0.25) is 0 Å². The topological polar surface area (TPSA) is 29.5 Å². The van der Waals surface area contributed by atoms with Crippen molar-refractivity contribution in [2.45, 2.75) is 13.2 Å². The average molecular weight is 318 g/mol. The summed E-state index contributed by atoms with van der Waals surface area (Å²) in [6.45, 7) is 0.228. The molecule has 0 saturated heterocycles. The van der Waals surface area contributed by atoms with E-state index in [1.165, 1.54) is 0 Å². The molecule has 0 heterocycles. The smallest absolute Gasteiger partial charge is 0.156 e. The minimum Gasteiger partial charge on any atom is -0.486 e. The van der Waals surface area contributed by atoms with E-state index < -0.39 is 0 Å². The molecule has 2 aromatic rings. The lowest BCUT2D eigenvalue weighted by molar-refractivity contribution is 0.281. The van der Waals surface area contributed by atoms with Crippen molar-refractivity contribution in [3.8, 4) is 5.75 Å². The van der Waals surface area contributed by atoms with Gasteiger partial charge in [0.05, 0.1) is 16.7 Å². The quantitative estimate of drug-likeness (QED) is 0.884. The first-order valence-electron chi connectivity index (χ1n) is 5.56. The molecule has 0 aliphatic heterocycles. The number of aliphatic hydroxyl groups excluding tert-OH is 1. The summed E-state index contributed by atoms with van der Waals surface area (Å²) in [5.41, 5.74) is 1.61. The van der Waals surface area contributed by atoms with Gasteiger partial charge in [-0.2, -0.15) is 0 Å². The van der Waals surface area contributed by atoms with Crippen LogP contribution in [0.1, 0.15) is 11.1 Å². The highest BCUT2D eigenvalue weighted by atomic mass is 35.5. The van der Waals surface area contributed by atoms with Gasteiger partial charge in [0, 0.05) is 5.02 Å². The van der Waals surface area contributed by atoms with Crippen molar-refractivity contribution >= 4 is 34.8 Å². The van der Waals surface area contributed by atoms with Crippen molar-refractivity contribution in [2.75, 3.05) is 0 Å². The number of ether oxygens (including phenoxy) is 1. The number of hydrogen-bond acceptors (Lipinski definition) is 2. The minimum atomic E-state index is -0.114. The summed E-state index contributed by atoms with van der Waals surface area (Å²) in [4.78, 5) is 0. The zero-order valence-electron chi connectivity index (χ0n) is 9.87. The molecule has 5 heteroatoms. The number of aliphatic hydroxyl groups is 1. The van der Waals surface area contributed by atoms with Crippen molar-refractivity contribution in [3.05, 3.63) is 62.6 Å². The molecule has 0 radical (unpaired) electrons. The second-order valence-electron chi connectivity index (χ2n) is 3.96. The van der Waals surface area contributed by atoms with Crippen molar-refractivity contribution in [2.24, 2.45) is 0 Å². The third-order valence-electron chi connectivity index (χ3n) is 2.54. The molecule has 0 atom stereocenters. The fourth-order valence-electron chi connectivity index (χ4n) is 1.58. The molecule has 0 fully saturated rings. The van der Waals surface area contributed by atoms with Crippen LogP contribution in [0.3, 0.4) is 0 Å². The Morgan fingerprint density at radius 3 is 2.00 bits per heavy atom. The van der Waals surface area contributed by atoms with Crippen LogP contribution in [0.4, 0.5) is 0 Å². The van der Waals surface area contributed by atoms with Crippen molar-refractivity contribution in [1.82, 2.24) is 0 Å². The number of halogens is 3. The minimum absolute atomic E-state index is 0.114. The molecular weight excluding hydrogens is 307 g/mol. The first kappa shape index (κ1) is 14.5. The third-order valence-corrected chi connectivity index (χ3v) is 3.35. The second kappa shape index (κ2) is 6.49. The summed E-state index contributed by atoms with van der Waals surface area (Å²) >= 11 is 17.9. The number of rotatable bonds is 4. The zero-order chi connectivity index (χ0) is 13.8. The highest BCUT2D eigenvalue weighted by Gasteiger charge is 2.09. The molecular formula is C14H11Cl3O2. The van der Waals surface area contributed by atoms with Crippen LogP contribution in [0.5, 0.6) is 5.75 Å². The monoisotopic (exact) mass is 316 g/mol. The normalized spacial score (nSPS) is 10.5. The van der Waals surface area contributed by atoms with Crippen molar-refractivity contribution < 1.29 is 9.84 Å². The summed E-state index contributed by atoms with van der Waals surface area (Å²) in [5.74, 6) is 0.412. The van der Waals surface area contributed by atoms with E-state index in [1.807, 2.05) is 12.1 Å². The molecule has 0 aliphatic carbocycles. The maximum atomic E-state index is 9.04. The molecule has 0 spiro atoms. The Kier molecular flexibility index (Phi) is 4.94. The maximum Gasteiger partial charge on any atom is 0.156 e. The molecule has 0 saturated carbocycles. The third kappa shape index (κ3) is 3.77. The van der Waals surface area contributed by atoms with Gasteiger partial charge in [-0.25, -0.2) is 0 Å². The zero-order valence-corrected chi connectivity index (χ0v) is 12.1. The summed E-state index contributed by atoms with van der Waals surface area (Å²) in [6, 6.07) is 10.6. The molecule has 2 rings (SSSR count). The van der Waals surface area contributed by atoms with Crippen LogP contribution in [-0.2, 0) is 13.2 Å². The molecule has 19 heavy (non-hydrogen) atoms. The Hall–Kier alpha value is -0.930. The fraction of sp³-hybridized carbons (Fsp3) is 0.143. The lowest BCUT2D eigenvalue weighted by Crippen LogP contribution is -1.97. The molecule has 2 aromatic carbocycles. The first-order valence-corrected chi connectivity index (χ1v) is 6.69. The lowest BCUT2D eigenvalue weighted by atomic mass is 10.2. The van der Waals surface area contributed by atoms with E-state index in [2.05, 4.69) is 0 Å². The highest BCUT2D eigenvalue weighted by Crippen LogP contribution is 2.34. The predicted octanol–water partition coefficient (Wildman–Crippen LogP) is 4.72. The van der Waals surface area contributed by atoms with Crippen LogP contribution in [0.2, 0.25) is 15.1 Å². The van der Waals surface area contributed by atoms with Gasteiger partial charge in [-0.05, 0) is 35.4 Å². The van der Waals surface area contributed by atoms with Gasteiger partial charge in [0.15, 0.2) is 5.75 Å². The van der Waals surface area contributed by atoms with Crippen molar-refractivity contribution in [3.63, 3.8) is 0 Å². The Morgan fingerprint density at radius 2 is 1.47 bits per heavy atom. The van der Waals surface area contributed by atoms with Crippen LogP contribution >= 0.6 is 34.8 Å². The van der Waals surface area contributed by atoms with Gasteiger partial charge in [-0.1, -0.05) is 46.9 Å². The predicted molar refractivity (Wildman–Crippen MR) is 78.2 cm³/mol. The Balaban J connectivity index is 2.13. The highest BCUT2D eigenvalue weighted by molar-refractivity contribution is 6.37. The summed E-state index contributed by atoms with van der Waals surface area (Å²) < 4.78 is 5.60. The Morgan fingerprint density at radius 1 is 0.895 bits per heavy atom. The molecule has 100 valence electrons. The summed E-state index contributed by atoms with van der Waals surface area (Å²) in [5, 5.41) is 10.5. The summed E-state index contributed by atoms with van der Waals surface area (Å²) in [7, 11) is 0. The van der Waals surface area contributed by atoms with E-state index in [0.29, 0.717) is 33.0 Å². The Labute approximate surface area is 126 Å². The average Bonchev–Trinajstić information content (AvgIpc) is 2.39. The van der Waals surface area contributed by atoms with Gasteiger partial charge >= 0.3 is 0 Å².